The van der Waals surface area contributed by atoms with Crippen LogP contribution >= 0.6 is 21.6 Å². The van der Waals surface area contributed by atoms with Gasteiger partial charge in [-0.25, -0.2) is 19.7 Å². The monoisotopic (exact) mass is 722 g/mol. The minimum atomic E-state index is -0.595. The van der Waals surface area contributed by atoms with Crippen molar-refractivity contribution in [1.29, 1.82) is 0 Å². The van der Waals surface area contributed by atoms with Crippen LogP contribution in [-0.4, -0.2) is 130 Å². The topological polar surface area (TPSA) is 118 Å². The normalized spacial score (nSPS) is 13.9. The first kappa shape index (κ1) is 37.1. The Morgan fingerprint density at radius 2 is 1.64 bits per heavy atom. The predicted octanol–water partition coefficient (Wildman–Crippen LogP) is 4.68. The predicted molar refractivity (Wildman–Crippen MR) is 201 cm³/mol. The number of imidazole rings is 1. The van der Waals surface area contributed by atoms with Crippen molar-refractivity contribution in [2.45, 2.75) is 13.7 Å². The summed E-state index contributed by atoms with van der Waals surface area (Å²) in [6, 6.07) is 12.9. The van der Waals surface area contributed by atoms with Gasteiger partial charge in [-0.05, 0) is 69.1 Å². The van der Waals surface area contributed by atoms with Crippen LogP contribution in [0.5, 0.6) is 0 Å². The molecule has 2 aromatic carbocycles. The lowest BCUT2D eigenvalue weighted by Gasteiger charge is -2.35. The number of hydrogen-bond acceptors (Lipinski definition) is 7. The van der Waals surface area contributed by atoms with Gasteiger partial charge in [0.15, 0.2) is 5.82 Å². The minimum Gasteiger partial charge on any atom is -0.358 e. The number of halogens is 1. The van der Waals surface area contributed by atoms with E-state index in [0.717, 1.165) is 40.4 Å². The van der Waals surface area contributed by atoms with Gasteiger partial charge >= 0.3 is 0 Å². The molecule has 4 aromatic rings. The highest BCUT2D eigenvalue weighted by Crippen LogP contribution is 2.33. The second-order valence-corrected chi connectivity index (χ2v) is 18.7. The van der Waals surface area contributed by atoms with E-state index in [1.807, 2.05) is 61.1 Å². The molecule has 3 heterocycles. The van der Waals surface area contributed by atoms with Crippen LogP contribution < -0.4 is 5.32 Å². The average molecular weight is 723 g/mol. The fourth-order valence-corrected chi connectivity index (χ4v) is 6.58. The van der Waals surface area contributed by atoms with E-state index in [0.29, 0.717) is 50.7 Å². The molecule has 0 radical (unpaired) electrons. The molecule has 0 unspecified atom stereocenters. The molecule has 1 aliphatic rings. The lowest BCUT2D eigenvalue weighted by molar-refractivity contribution is -0.133. The van der Waals surface area contributed by atoms with Gasteiger partial charge in [0.05, 0.1) is 41.3 Å². The first-order valence-electron chi connectivity index (χ1n) is 16.4. The third-order valence-corrected chi connectivity index (χ3v) is 10.2. The van der Waals surface area contributed by atoms with Crippen LogP contribution in [0.15, 0.2) is 54.9 Å². The van der Waals surface area contributed by atoms with Crippen LogP contribution in [0.3, 0.4) is 0 Å². The Morgan fingerprint density at radius 1 is 0.980 bits per heavy atom. The molecule has 1 N–H and O–H groups in total. The number of hydrogen-bond donors (Lipinski definition) is 1. The van der Waals surface area contributed by atoms with Crippen molar-refractivity contribution in [3.05, 3.63) is 77.0 Å². The van der Waals surface area contributed by atoms with Gasteiger partial charge in [0, 0.05) is 56.4 Å². The second kappa shape index (κ2) is 15.8. The van der Waals surface area contributed by atoms with Crippen molar-refractivity contribution in [1.82, 2.24) is 34.0 Å². The number of anilines is 1. The highest BCUT2D eigenvalue weighted by Gasteiger charge is 2.26. The summed E-state index contributed by atoms with van der Waals surface area (Å²) in [4.78, 5) is 48.6. The van der Waals surface area contributed by atoms with Crippen molar-refractivity contribution in [2.24, 2.45) is 7.05 Å². The molecule has 1 saturated heterocycles. The molecular formula is C36H47ClN8O4S. The van der Waals surface area contributed by atoms with Crippen molar-refractivity contribution >= 4 is 45.0 Å². The van der Waals surface area contributed by atoms with E-state index in [-0.39, 0.29) is 22.7 Å². The van der Waals surface area contributed by atoms with Crippen LogP contribution in [0, 0.1) is 6.92 Å². The molecule has 0 saturated carbocycles. The molecule has 0 spiro atoms. The maximum absolute atomic E-state index is 13.3. The quantitative estimate of drug-likeness (QED) is 0.211. The second-order valence-electron chi connectivity index (χ2n) is 13.7. The van der Waals surface area contributed by atoms with Crippen LogP contribution in [0.1, 0.15) is 26.7 Å². The van der Waals surface area contributed by atoms with Gasteiger partial charge in [0.2, 0.25) is 5.91 Å². The van der Waals surface area contributed by atoms with Crippen molar-refractivity contribution in [2.75, 3.05) is 83.3 Å². The lowest BCUT2D eigenvalue weighted by atomic mass is 10.0. The number of rotatable bonds is 12. The molecule has 3 amide bonds. The standard InChI is InChI=1S/C36H47ClN8O4S/c1-25-30(22-45(40-25)24-49-18-19-50(5,6)7)26-8-10-27(11-9-26)32-21-38-34(42(32)4)35(47)39-28-12-13-29(31(37)20-28)36(48)44-16-14-43(15-17-44)33(46)23-41(2)3/h8-13,20-22H,14-19,23-24H2,1-7H3,(H,39,47). The number of nitrogens with one attached hydrogen (secondary N) is 1. The van der Waals surface area contributed by atoms with E-state index in [4.69, 9.17) is 16.3 Å². The number of piperazine rings is 1. The van der Waals surface area contributed by atoms with Gasteiger partial charge in [-0.3, -0.25) is 14.4 Å². The van der Waals surface area contributed by atoms with Gasteiger partial charge in [0.25, 0.3) is 11.8 Å². The molecule has 268 valence electrons. The zero-order chi connectivity index (χ0) is 36.2. The Bertz CT molecular complexity index is 1840. The number of aryl methyl sites for hydroxylation is 1. The molecule has 14 heteroatoms. The first-order chi connectivity index (χ1) is 23.7. The molecule has 1 aliphatic heterocycles. The third kappa shape index (κ3) is 9.13. The number of nitrogens with zero attached hydrogens (tertiary/aromatic N) is 7. The third-order valence-electron chi connectivity index (χ3n) is 8.52. The van der Waals surface area contributed by atoms with Gasteiger partial charge in [-0.15, -0.1) is 0 Å². The summed E-state index contributed by atoms with van der Waals surface area (Å²) in [6.07, 6.45) is 10.5. The van der Waals surface area contributed by atoms with Gasteiger partial charge < -0.3 is 29.3 Å². The summed E-state index contributed by atoms with van der Waals surface area (Å²) in [5.74, 6) is 0.718. The molecule has 12 nitrogen and oxygen atoms in total. The van der Waals surface area contributed by atoms with Crippen LogP contribution in [0.25, 0.3) is 22.4 Å². The van der Waals surface area contributed by atoms with E-state index in [1.54, 1.807) is 45.8 Å². The number of amides is 3. The van der Waals surface area contributed by atoms with E-state index >= 15 is 0 Å². The molecule has 1 fully saturated rings. The summed E-state index contributed by atoms with van der Waals surface area (Å²) in [5, 5.41) is 7.71. The van der Waals surface area contributed by atoms with Crippen LogP contribution in [0.2, 0.25) is 5.02 Å². The van der Waals surface area contributed by atoms with E-state index < -0.39 is 15.9 Å². The Labute approximate surface area is 300 Å². The number of likely N-dealkylation sites (N-methyl/N-ethyl adjacent to an activating group) is 1. The number of benzene rings is 2. The summed E-state index contributed by atoms with van der Waals surface area (Å²) in [7, 11) is 4.91. The fraction of sp³-hybridized carbons (Fsp3) is 0.417. The van der Waals surface area contributed by atoms with Gasteiger partial charge in [0.1, 0.15) is 6.73 Å². The van der Waals surface area contributed by atoms with E-state index in [9.17, 15) is 14.4 Å². The summed E-state index contributed by atoms with van der Waals surface area (Å²) in [6.45, 7) is 5.26. The average Bonchev–Trinajstić information content (AvgIpc) is 3.64. The highest BCUT2D eigenvalue weighted by atomic mass is 35.5. The summed E-state index contributed by atoms with van der Waals surface area (Å²) >= 11 is 6.54. The van der Waals surface area contributed by atoms with Gasteiger partial charge in [-0.1, -0.05) is 35.9 Å². The summed E-state index contributed by atoms with van der Waals surface area (Å²) < 4.78 is 9.43. The Hall–Kier alpha value is -4.17. The molecule has 5 rings (SSSR count). The smallest absolute Gasteiger partial charge is 0.291 e. The number of aromatic nitrogens is 4. The summed E-state index contributed by atoms with van der Waals surface area (Å²) in [5.41, 5.74) is 5.47. The number of carbonyl (C=O) groups is 3. The fourth-order valence-electron chi connectivity index (χ4n) is 5.70. The maximum atomic E-state index is 13.3. The van der Waals surface area contributed by atoms with Gasteiger partial charge in [-0.2, -0.15) is 5.10 Å². The Kier molecular flexibility index (Phi) is 11.7. The molecule has 0 aliphatic carbocycles. The Morgan fingerprint density at radius 3 is 2.28 bits per heavy atom. The van der Waals surface area contributed by atoms with E-state index in [1.165, 1.54) is 0 Å². The molecule has 50 heavy (non-hydrogen) atoms. The molecular weight excluding hydrogens is 676 g/mol. The first-order valence-corrected chi connectivity index (χ1v) is 19.8. The molecule has 2 aromatic heterocycles. The minimum absolute atomic E-state index is 0.0433. The number of ether oxygens (including phenoxy) is 1. The Balaban J connectivity index is 1.19. The van der Waals surface area contributed by atoms with E-state index in [2.05, 4.69) is 34.2 Å². The largest absolute Gasteiger partial charge is 0.358 e. The zero-order valence-corrected chi connectivity index (χ0v) is 31.5. The van der Waals surface area contributed by atoms with Crippen molar-refractivity contribution in [3.63, 3.8) is 0 Å². The van der Waals surface area contributed by atoms with Crippen LogP contribution in [-0.2, 0) is 23.3 Å². The van der Waals surface area contributed by atoms with Crippen molar-refractivity contribution < 1.29 is 19.1 Å². The van der Waals surface area contributed by atoms with Crippen LogP contribution in [0.4, 0.5) is 5.69 Å². The molecule has 0 bridgehead atoms. The zero-order valence-electron chi connectivity index (χ0n) is 29.9. The highest BCUT2D eigenvalue weighted by molar-refractivity contribution is 8.32. The van der Waals surface area contributed by atoms with Crippen molar-refractivity contribution in [3.8, 4) is 22.4 Å². The number of carbonyl (C=O) groups excluding carboxylic acids is 3. The lowest BCUT2D eigenvalue weighted by Crippen LogP contribution is -2.52. The SMILES string of the molecule is Cc1nn(COCCS(C)(C)C)cc1-c1ccc(-c2cnc(C(=O)Nc3ccc(C(=O)N4CCN(C(=O)CN(C)C)CC4)c(Cl)c3)n2C)cc1. The molecule has 0 atom stereocenters. The maximum Gasteiger partial charge on any atom is 0.291 e.